The SMILES string of the molecule is COC(=O)[C@H](Cc1ccccc1)NC(=O)CNC(=O)[C@H](C)NC(=O)C(Cc1ccc(OC(=O)OC(C)(C)C)cc1)NC(=O)OC(C)(C)C. The third-order valence-electron chi connectivity index (χ3n) is 6.24. The molecule has 0 spiro atoms. The Kier molecular flexibility index (Phi) is 14.4. The van der Waals surface area contributed by atoms with E-state index in [1.807, 2.05) is 6.07 Å². The number of carbonyl (C=O) groups is 6. The molecule has 2 aromatic carbocycles. The zero-order chi connectivity index (χ0) is 36.1. The molecule has 14 heteroatoms. The van der Waals surface area contributed by atoms with Crippen LogP contribution < -0.4 is 26.0 Å². The first-order chi connectivity index (χ1) is 22.3. The Morgan fingerprint density at radius 1 is 0.688 bits per heavy atom. The van der Waals surface area contributed by atoms with Gasteiger partial charge in [0.1, 0.15) is 35.1 Å². The largest absolute Gasteiger partial charge is 0.514 e. The first kappa shape index (κ1) is 39.0. The van der Waals surface area contributed by atoms with E-state index in [4.69, 9.17) is 18.9 Å². The molecule has 3 atom stereocenters. The van der Waals surface area contributed by atoms with Crippen LogP contribution in [-0.2, 0) is 46.2 Å². The summed E-state index contributed by atoms with van der Waals surface area (Å²) >= 11 is 0. The highest BCUT2D eigenvalue weighted by molar-refractivity contribution is 5.93. The maximum atomic E-state index is 13.3. The third-order valence-corrected chi connectivity index (χ3v) is 6.24. The highest BCUT2D eigenvalue weighted by atomic mass is 16.7. The first-order valence-electron chi connectivity index (χ1n) is 15.3. The highest BCUT2D eigenvalue weighted by Gasteiger charge is 2.28. The van der Waals surface area contributed by atoms with Crippen LogP contribution in [0.4, 0.5) is 9.59 Å². The van der Waals surface area contributed by atoms with Gasteiger partial charge in [-0.3, -0.25) is 14.4 Å². The second-order valence-corrected chi connectivity index (χ2v) is 12.9. The van der Waals surface area contributed by atoms with Crippen LogP contribution in [0.5, 0.6) is 5.75 Å². The molecule has 0 bridgehead atoms. The number of methoxy groups -OCH3 is 1. The lowest BCUT2D eigenvalue weighted by molar-refractivity contribution is -0.145. The average molecular weight is 671 g/mol. The zero-order valence-electron chi connectivity index (χ0n) is 28.6. The third kappa shape index (κ3) is 15.0. The van der Waals surface area contributed by atoms with Crippen LogP contribution in [0.1, 0.15) is 59.6 Å². The first-order valence-corrected chi connectivity index (χ1v) is 15.3. The number of amides is 4. The Morgan fingerprint density at radius 2 is 1.25 bits per heavy atom. The van der Waals surface area contributed by atoms with Crippen molar-refractivity contribution in [1.29, 1.82) is 0 Å². The Hall–Kier alpha value is -5.14. The van der Waals surface area contributed by atoms with E-state index >= 15 is 0 Å². The van der Waals surface area contributed by atoms with Crippen molar-refractivity contribution in [3.8, 4) is 5.75 Å². The molecule has 0 heterocycles. The highest BCUT2D eigenvalue weighted by Crippen LogP contribution is 2.17. The predicted molar refractivity (Wildman–Crippen MR) is 175 cm³/mol. The van der Waals surface area contributed by atoms with E-state index in [1.54, 1.807) is 77.9 Å². The minimum absolute atomic E-state index is 0.00906. The molecule has 0 saturated heterocycles. The summed E-state index contributed by atoms with van der Waals surface area (Å²) in [6.07, 6.45) is -1.55. The predicted octanol–water partition coefficient (Wildman–Crippen LogP) is 2.96. The van der Waals surface area contributed by atoms with Gasteiger partial charge in [0.05, 0.1) is 13.7 Å². The number of hydrogen-bond acceptors (Lipinski definition) is 10. The standard InChI is InChI=1S/C34H46N4O10/c1-21(28(40)35-20-27(39)37-26(30(42)45-8)19-22-12-10-9-11-13-22)36-29(41)25(38-31(43)47-33(2,3)4)18-23-14-16-24(17-15-23)46-32(44)48-34(5,6)7/h9-17,21,25-26H,18-20H2,1-8H3,(H,35,40)(H,36,41)(H,37,39)(H,38,43)/t21-,25?,26-/m0/s1. The molecule has 4 N–H and O–H groups in total. The Balaban J connectivity index is 2.03. The summed E-state index contributed by atoms with van der Waals surface area (Å²) in [5.74, 6) is -2.46. The van der Waals surface area contributed by atoms with Crippen molar-refractivity contribution < 1.29 is 47.7 Å². The van der Waals surface area contributed by atoms with Gasteiger partial charge in [0, 0.05) is 12.8 Å². The smallest absolute Gasteiger partial charge is 0.467 e. The van der Waals surface area contributed by atoms with E-state index < -0.39 is 71.8 Å². The van der Waals surface area contributed by atoms with Crippen molar-refractivity contribution in [3.05, 3.63) is 65.7 Å². The summed E-state index contributed by atoms with van der Waals surface area (Å²) in [7, 11) is 1.21. The number of hydrogen-bond donors (Lipinski definition) is 4. The Bertz CT molecular complexity index is 1420. The van der Waals surface area contributed by atoms with E-state index in [1.165, 1.54) is 26.2 Å². The molecule has 0 aromatic heterocycles. The maximum absolute atomic E-state index is 13.3. The number of alkyl carbamates (subject to hydrolysis) is 1. The summed E-state index contributed by atoms with van der Waals surface area (Å²) in [5.41, 5.74) is -0.185. The van der Waals surface area contributed by atoms with Gasteiger partial charge in [0.15, 0.2) is 0 Å². The van der Waals surface area contributed by atoms with Gasteiger partial charge >= 0.3 is 18.2 Å². The number of rotatable bonds is 13. The number of carbonyl (C=O) groups excluding carboxylic acids is 6. The van der Waals surface area contributed by atoms with Gasteiger partial charge < -0.3 is 40.2 Å². The van der Waals surface area contributed by atoms with E-state index in [0.29, 0.717) is 5.56 Å². The molecule has 0 fully saturated rings. The van der Waals surface area contributed by atoms with E-state index in [-0.39, 0.29) is 18.6 Å². The zero-order valence-corrected chi connectivity index (χ0v) is 28.6. The van der Waals surface area contributed by atoms with Gasteiger partial charge in [-0.25, -0.2) is 14.4 Å². The normalized spacial score (nSPS) is 13.1. The Labute approximate surface area is 280 Å². The topological polar surface area (TPSA) is 187 Å². The summed E-state index contributed by atoms with van der Waals surface area (Å²) in [6, 6.07) is 12.0. The van der Waals surface area contributed by atoms with Crippen LogP contribution in [0.3, 0.4) is 0 Å². The minimum atomic E-state index is -1.17. The van der Waals surface area contributed by atoms with Gasteiger partial charge in [-0.2, -0.15) is 0 Å². The van der Waals surface area contributed by atoms with Crippen molar-refractivity contribution in [2.24, 2.45) is 0 Å². The molecule has 0 saturated carbocycles. The fourth-order valence-electron chi connectivity index (χ4n) is 4.09. The second-order valence-electron chi connectivity index (χ2n) is 12.9. The molecule has 48 heavy (non-hydrogen) atoms. The summed E-state index contributed by atoms with van der Waals surface area (Å²) in [4.78, 5) is 75.5. The van der Waals surface area contributed by atoms with Gasteiger partial charge in [0.25, 0.3) is 0 Å². The monoisotopic (exact) mass is 670 g/mol. The van der Waals surface area contributed by atoms with Crippen molar-refractivity contribution in [3.63, 3.8) is 0 Å². The van der Waals surface area contributed by atoms with Crippen molar-refractivity contribution in [2.75, 3.05) is 13.7 Å². The van der Waals surface area contributed by atoms with Crippen molar-refractivity contribution >= 4 is 35.9 Å². The maximum Gasteiger partial charge on any atom is 0.514 e. The molecular weight excluding hydrogens is 624 g/mol. The van der Waals surface area contributed by atoms with Crippen molar-refractivity contribution in [1.82, 2.24) is 21.3 Å². The van der Waals surface area contributed by atoms with Crippen molar-refractivity contribution in [2.45, 2.75) is 90.6 Å². The van der Waals surface area contributed by atoms with Gasteiger partial charge in [0.2, 0.25) is 17.7 Å². The summed E-state index contributed by atoms with van der Waals surface area (Å²) < 4.78 is 20.4. The second kappa shape index (κ2) is 17.7. The van der Waals surface area contributed by atoms with Crippen LogP contribution in [0, 0.1) is 0 Å². The molecule has 2 aromatic rings. The van der Waals surface area contributed by atoms with Crippen LogP contribution in [0.25, 0.3) is 0 Å². The molecule has 14 nitrogen and oxygen atoms in total. The van der Waals surface area contributed by atoms with Gasteiger partial charge in [-0.1, -0.05) is 42.5 Å². The molecule has 1 unspecified atom stereocenters. The summed E-state index contributed by atoms with van der Waals surface area (Å²) in [5, 5.41) is 10.0. The van der Waals surface area contributed by atoms with E-state index in [0.717, 1.165) is 5.56 Å². The average Bonchev–Trinajstić information content (AvgIpc) is 2.98. The molecule has 0 aliphatic carbocycles. The van der Waals surface area contributed by atoms with Crippen LogP contribution >= 0.6 is 0 Å². The lowest BCUT2D eigenvalue weighted by Crippen LogP contribution is -2.55. The number of ether oxygens (including phenoxy) is 4. The van der Waals surface area contributed by atoms with Gasteiger partial charge in [-0.15, -0.1) is 0 Å². The van der Waals surface area contributed by atoms with Gasteiger partial charge in [-0.05, 0) is 71.7 Å². The molecule has 262 valence electrons. The number of esters is 1. The minimum Gasteiger partial charge on any atom is -0.467 e. The fraction of sp³-hybridized carbons (Fsp3) is 0.471. The Morgan fingerprint density at radius 3 is 1.81 bits per heavy atom. The van der Waals surface area contributed by atoms with Crippen LogP contribution in [-0.4, -0.2) is 78.9 Å². The van der Waals surface area contributed by atoms with E-state index in [2.05, 4.69) is 21.3 Å². The molecular formula is C34H46N4O10. The molecule has 4 amide bonds. The van der Waals surface area contributed by atoms with Crippen LogP contribution in [0.15, 0.2) is 54.6 Å². The van der Waals surface area contributed by atoms with Crippen LogP contribution in [0.2, 0.25) is 0 Å². The lowest BCUT2D eigenvalue weighted by atomic mass is 10.0. The molecule has 2 rings (SSSR count). The quantitative estimate of drug-likeness (QED) is 0.140. The fourth-order valence-corrected chi connectivity index (χ4v) is 4.09. The lowest BCUT2D eigenvalue weighted by Gasteiger charge is -2.24. The molecule has 0 aliphatic heterocycles. The van der Waals surface area contributed by atoms with E-state index in [9.17, 15) is 28.8 Å². The molecule has 0 aliphatic rings. The summed E-state index contributed by atoms with van der Waals surface area (Å²) in [6.45, 7) is 11.1. The molecule has 0 radical (unpaired) electrons. The number of benzene rings is 2. The number of nitrogens with one attached hydrogen (secondary N) is 4.